The van der Waals surface area contributed by atoms with Gasteiger partial charge in [0.25, 0.3) is 0 Å². The van der Waals surface area contributed by atoms with Crippen molar-refractivity contribution in [1.29, 1.82) is 0 Å². The maximum Gasteiger partial charge on any atom is 0.123 e. The van der Waals surface area contributed by atoms with E-state index in [0.29, 0.717) is 12.0 Å². The predicted molar refractivity (Wildman–Crippen MR) is 129 cm³/mol. The number of halogens is 1. The summed E-state index contributed by atoms with van der Waals surface area (Å²) in [6.07, 6.45) is 10.1. The van der Waals surface area contributed by atoms with Crippen molar-refractivity contribution in [1.82, 2.24) is 30.4 Å². The minimum absolute atomic E-state index is 0.184. The van der Waals surface area contributed by atoms with E-state index in [1.807, 2.05) is 16.7 Å². The Morgan fingerprint density at radius 3 is 2.79 bits per heavy atom. The van der Waals surface area contributed by atoms with E-state index in [1.54, 1.807) is 24.8 Å². The molecule has 7 heteroatoms. The number of hydrogen-bond acceptors (Lipinski definition) is 4. The summed E-state index contributed by atoms with van der Waals surface area (Å²) in [6.45, 7) is 4.25. The van der Waals surface area contributed by atoms with Crippen LogP contribution in [0.2, 0.25) is 0 Å². The van der Waals surface area contributed by atoms with Crippen LogP contribution < -0.4 is 10.6 Å². The number of H-pyrrole nitrogens is 1. The van der Waals surface area contributed by atoms with Crippen LogP contribution in [0.3, 0.4) is 0 Å². The number of benzene rings is 2. The fourth-order valence-corrected chi connectivity index (χ4v) is 5.04. The molecule has 33 heavy (non-hydrogen) atoms. The topological polar surface area (TPSA) is 70.6 Å². The highest BCUT2D eigenvalue weighted by Crippen LogP contribution is 2.26. The van der Waals surface area contributed by atoms with Crippen molar-refractivity contribution in [2.75, 3.05) is 13.1 Å². The van der Waals surface area contributed by atoms with Crippen molar-refractivity contribution in [2.45, 2.75) is 44.7 Å². The van der Waals surface area contributed by atoms with Crippen molar-refractivity contribution in [3.05, 3.63) is 78.3 Å². The minimum Gasteiger partial charge on any atom is -0.361 e. The lowest BCUT2D eigenvalue weighted by atomic mass is 9.87. The zero-order valence-corrected chi connectivity index (χ0v) is 19.0. The Morgan fingerprint density at radius 1 is 1.15 bits per heavy atom. The summed E-state index contributed by atoms with van der Waals surface area (Å²) >= 11 is 0. The fourth-order valence-electron chi connectivity index (χ4n) is 5.04. The summed E-state index contributed by atoms with van der Waals surface area (Å²) in [5, 5.41) is 16.5. The van der Waals surface area contributed by atoms with Gasteiger partial charge in [0.1, 0.15) is 18.5 Å². The molecular weight excluding hydrogens is 415 g/mol. The molecule has 0 radical (unpaired) electrons. The van der Waals surface area contributed by atoms with Crippen molar-refractivity contribution in [2.24, 2.45) is 5.92 Å². The smallest absolute Gasteiger partial charge is 0.123 e. The number of rotatable bonds is 8. The second-order valence-corrected chi connectivity index (χ2v) is 9.10. The van der Waals surface area contributed by atoms with Gasteiger partial charge in [0.15, 0.2) is 0 Å². The molecule has 0 saturated carbocycles. The number of aryl methyl sites for hydroxylation is 1. The van der Waals surface area contributed by atoms with Crippen LogP contribution in [0.25, 0.3) is 16.6 Å². The number of nitrogens with zero attached hydrogens (tertiary/aromatic N) is 3. The minimum atomic E-state index is -0.184. The SMILES string of the molecule is C[C@@H](N[C@H]1CCNCC1CCCc1c[nH]c2ccc(-n3cnnc3)cc12)c1ccc(F)cc1. The first-order chi connectivity index (χ1) is 16.2. The lowest BCUT2D eigenvalue weighted by Crippen LogP contribution is -2.48. The molecule has 1 fully saturated rings. The molecule has 0 bridgehead atoms. The summed E-state index contributed by atoms with van der Waals surface area (Å²) in [5.74, 6) is 0.399. The number of nitrogens with one attached hydrogen (secondary N) is 3. The van der Waals surface area contributed by atoms with E-state index < -0.39 is 0 Å². The van der Waals surface area contributed by atoms with Crippen LogP contribution in [-0.2, 0) is 6.42 Å². The van der Waals surface area contributed by atoms with Gasteiger partial charge >= 0.3 is 0 Å². The lowest BCUT2D eigenvalue weighted by Gasteiger charge is -2.35. The quantitative estimate of drug-likeness (QED) is 0.372. The summed E-state index contributed by atoms with van der Waals surface area (Å²) < 4.78 is 15.2. The first kappa shape index (κ1) is 21.8. The predicted octanol–water partition coefficient (Wildman–Crippen LogP) is 4.54. The Bertz CT molecular complexity index is 1170. The largest absolute Gasteiger partial charge is 0.361 e. The third kappa shape index (κ3) is 4.99. The molecule has 4 aromatic rings. The zero-order chi connectivity index (χ0) is 22.6. The first-order valence-electron chi connectivity index (χ1n) is 11.8. The van der Waals surface area contributed by atoms with Gasteiger partial charge in [0.2, 0.25) is 0 Å². The standard InChI is InChI=1S/C26H31FN6/c1-18(19-5-7-22(27)8-6-19)32-25-11-12-28-14-21(25)4-2-3-20-15-29-26-10-9-23(13-24(20)26)33-16-30-31-17-33/h5-10,13,15-18,21,25,28-29,32H,2-4,11-12,14H2,1H3/t18-,21?,25+/m1/s1. The highest BCUT2D eigenvalue weighted by Gasteiger charge is 2.26. The molecule has 1 saturated heterocycles. The summed E-state index contributed by atoms with van der Waals surface area (Å²) in [4.78, 5) is 3.41. The average Bonchev–Trinajstić information content (AvgIpc) is 3.51. The van der Waals surface area contributed by atoms with Crippen molar-refractivity contribution < 1.29 is 4.39 Å². The Hall–Kier alpha value is -3.03. The van der Waals surface area contributed by atoms with E-state index in [2.05, 4.69) is 57.1 Å². The second-order valence-electron chi connectivity index (χ2n) is 9.10. The third-order valence-corrected chi connectivity index (χ3v) is 6.93. The maximum absolute atomic E-state index is 13.3. The van der Waals surface area contributed by atoms with Gasteiger partial charge in [-0.25, -0.2) is 4.39 Å². The molecule has 0 aliphatic carbocycles. The van der Waals surface area contributed by atoms with Gasteiger partial charge in [0, 0.05) is 34.9 Å². The Kier molecular flexibility index (Phi) is 6.51. The molecule has 0 spiro atoms. The summed E-state index contributed by atoms with van der Waals surface area (Å²) in [5.41, 5.74) is 4.72. The highest BCUT2D eigenvalue weighted by atomic mass is 19.1. The van der Waals surface area contributed by atoms with Gasteiger partial charge in [-0.15, -0.1) is 10.2 Å². The van der Waals surface area contributed by atoms with Crippen LogP contribution in [0.4, 0.5) is 4.39 Å². The highest BCUT2D eigenvalue weighted by molar-refractivity contribution is 5.85. The van der Waals surface area contributed by atoms with E-state index in [1.165, 1.54) is 17.4 Å². The van der Waals surface area contributed by atoms with E-state index in [0.717, 1.165) is 49.1 Å². The van der Waals surface area contributed by atoms with Gasteiger partial charge in [-0.2, -0.15) is 0 Å². The van der Waals surface area contributed by atoms with Crippen LogP contribution in [0.15, 0.2) is 61.3 Å². The van der Waals surface area contributed by atoms with E-state index in [4.69, 9.17) is 0 Å². The molecule has 0 amide bonds. The number of fused-ring (bicyclic) bond motifs is 1. The van der Waals surface area contributed by atoms with E-state index >= 15 is 0 Å². The van der Waals surface area contributed by atoms with Crippen molar-refractivity contribution in [3.8, 4) is 5.69 Å². The molecule has 172 valence electrons. The zero-order valence-electron chi connectivity index (χ0n) is 19.0. The van der Waals surface area contributed by atoms with Crippen LogP contribution in [0.1, 0.15) is 43.4 Å². The van der Waals surface area contributed by atoms with Gasteiger partial charge in [-0.3, -0.25) is 4.57 Å². The summed E-state index contributed by atoms with van der Waals surface area (Å²) in [7, 11) is 0. The Morgan fingerprint density at radius 2 is 1.97 bits per heavy atom. The van der Waals surface area contributed by atoms with Crippen LogP contribution in [-0.4, -0.2) is 38.9 Å². The van der Waals surface area contributed by atoms with Gasteiger partial charge in [-0.05, 0) is 93.1 Å². The summed E-state index contributed by atoms with van der Waals surface area (Å²) in [6, 6.07) is 13.9. The molecule has 1 aliphatic heterocycles. The lowest BCUT2D eigenvalue weighted by molar-refractivity contribution is 0.246. The Labute approximate surface area is 193 Å². The number of hydrogen-bond donors (Lipinski definition) is 3. The van der Waals surface area contributed by atoms with Crippen molar-refractivity contribution >= 4 is 10.9 Å². The van der Waals surface area contributed by atoms with Gasteiger partial charge < -0.3 is 15.6 Å². The molecule has 3 heterocycles. The molecule has 2 aromatic heterocycles. The number of piperidine rings is 1. The van der Waals surface area contributed by atoms with E-state index in [-0.39, 0.29) is 11.9 Å². The van der Waals surface area contributed by atoms with Crippen LogP contribution >= 0.6 is 0 Å². The molecule has 5 rings (SSSR count). The molecule has 6 nitrogen and oxygen atoms in total. The molecule has 1 aliphatic rings. The second kappa shape index (κ2) is 9.85. The number of aromatic nitrogens is 4. The fraction of sp³-hybridized carbons (Fsp3) is 0.385. The van der Waals surface area contributed by atoms with Gasteiger partial charge in [0.05, 0.1) is 0 Å². The molecule has 3 atom stereocenters. The Balaban J connectivity index is 1.21. The maximum atomic E-state index is 13.3. The van der Waals surface area contributed by atoms with Crippen molar-refractivity contribution in [3.63, 3.8) is 0 Å². The number of aromatic amines is 1. The monoisotopic (exact) mass is 446 g/mol. The van der Waals surface area contributed by atoms with Crippen LogP contribution in [0, 0.1) is 11.7 Å². The molecular formula is C26H31FN6. The molecule has 3 N–H and O–H groups in total. The van der Waals surface area contributed by atoms with E-state index in [9.17, 15) is 4.39 Å². The van der Waals surface area contributed by atoms with Gasteiger partial charge in [-0.1, -0.05) is 12.1 Å². The molecule has 1 unspecified atom stereocenters. The van der Waals surface area contributed by atoms with Crippen LogP contribution in [0.5, 0.6) is 0 Å². The molecule has 2 aromatic carbocycles. The third-order valence-electron chi connectivity index (χ3n) is 6.93. The average molecular weight is 447 g/mol. The first-order valence-corrected chi connectivity index (χ1v) is 11.8. The normalized spacial score (nSPS) is 19.7.